The summed E-state index contributed by atoms with van der Waals surface area (Å²) in [4.78, 5) is 45.3. The van der Waals surface area contributed by atoms with Gasteiger partial charge in [-0.15, -0.1) is 0 Å². The number of nitrogens with one attached hydrogen (secondary N) is 2. The molecule has 0 bridgehead atoms. The van der Waals surface area contributed by atoms with E-state index in [0.717, 1.165) is 21.9 Å². The lowest BCUT2D eigenvalue weighted by molar-refractivity contribution is -0.130. The van der Waals surface area contributed by atoms with Crippen molar-refractivity contribution < 1.29 is 19.1 Å². The molecule has 0 unspecified atom stereocenters. The van der Waals surface area contributed by atoms with E-state index in [4.69, 9.17) is 4.74 Å². The lowest BCUT2D eigenvalue weighted by Crippen LogP contribution is -2.60. The summed E-state index contributed by atoms with van der Waals surface area (Å²) in [7, 11) is 1.68. The van der Waals surface area contributed by atoms with Crippen molar-refractivity contribution in [3.63, 3.8) is 0 Å². The molecule has 3 aromatic carbocycles. The smallest absolute Gasteiger partial charge is 0.252 e. The molecule has 2 aliphatic heterocycles. The van der Waals surface area contributed by atoms with Crippen molar-refractivity contribution in [3.8, 4) is 6.07 Å². The van der Waals surface area contributed by atoms with E-state index in [-0.39, 0.29) is 30.2 Å². The van der Waals surface area contributed by atoms with Crippen molar-refractivity contribution in [1.82, 2.24) is 10.6 Å². The number of carbonyl (C=O) groups is 3. The Labute approximate surface area is 246 Å². The fraction of sp³-hybridized carbons (Fsp3) is 0.394. The zero-order valence-corrected chi connectivity index (χ0v) is 24.5. The van der Waals surface area contributed by atoms with Crippen LogP contribution in [-0.4, -0.2) is 56.1 Å². The van der Waals surface area contributed by atoms with Crippen molar-refractivity contribution in [3.05, 3.63) is 71.3 Å². The Kier molecular flexibility index (Phi) is 8.57. The highest BCUT2D eigenvalue weighted by atomic mass is 16.5. The number of hydrogen-bond acceptors (Lipinski definition) is 6. The van der Waals surface area contributed by atoms with Crippen LogP contribution in [0, 0.1) is 24.2 Å². The minimum atomic E-state index is -1.02. The first kappa shape index (κ1) is 29.2. The zero-order valence-electron chi connectivity index (χ0n) is 24.5. The van der Waals surface area contributed by atoms with Crippen molar-refractivity contribution in [1.29, 1.82) is 5.26 Å². The third-order valence-electron chi connectivity index (χ3n) is 8.60. The van der Waals surface area contributed by atoms with Crippen LogP contribution < -0.4 is 20.4 Å². The quantitative estimate of drug-likeness (QED) is 0.468. The fourth-order valence-corrected chi connectivity index (χ4v) is 5.90. The molecule has 3 aromatic rings. The Balaban J connectivity index is 1.69. The van der Waals surface area contributed by atoms with Gasteiger partial charge in [-0.3, -0.25) is 14.4 Å². The molecule has 5 rings (SSSR count). The van der Waals surface area contributed by atoms with Gasteiger partial charge in [-0.05, 0) is 80.8 Å². The van der Waals surface area contributed by atoms with Gasteiger partial charge in [-0.25, -0.2) is 0 Å². The number of fused-ring (bicyclic) bond motifs is 2. The molecule has 0 saturated carbocycles. The largest absolute Gasteiger partial charge is 0.381 e. The number of nitriles is 1. The molecular weight excluding hydrogens is 530 g/mol. The van der Waals surface area contributed by atoms with Crippen LogP contribution in [0.1, 0.15) is 43.4 Å². The number of amides is 3. The van der Waals surface area contributed by atoms with E-state index < -0.39 is 18.1 Å². The summed E-state index contributed by atoms with van der Waals surface area (Å²) in [6.07, 6.45) is 1.13. The van der Waals surface area contributed by atoms with Gasteiger partial charge in [0.25, 0.3) is 5.91 Å². The fourth-order valence-electron chi connectivity index (χ4n) is 5.90. The molecule has 42 heavy (non-hydrogen) atoms. The molecule has 0 spiro atoms. The average molecular weight is 568 g/mol. The van der Waals surface area contributed by atoms with Crippen molar-refractivity contribution in [2.75, 3.05) is 30.1 Å². The summed E-state index contributed by atoms with van der Waals surface area (Å²) in [6, 6.07) is 17.1. The van der Waals surface area contributed by atoms with Crippen LogP contribution in [-0.2, 0) is 25.7 Å². The van der Waals surface area contributed by atoms with Crippen molar-refractivity contribution >= 4 is 39.9 Å². The number of aryl methyl sites for hydroxylation is 1. The summed E-state index contributed by atoms with van der Waals surface area (Å²) in [5.74, 6) is -1.10. The molecule has 1 saturated heterocycles. The SMILES string of the molecule is CN[C@@H](C)C(=O)N[C@@H]1C(=O)N(Cc2c(C)ccc3ccccc23)c2ccc(C#N)cc2N(C(=O)C2CCOCC2)[C@H]1C. The maximum Gasteiger partial charge on any atom is 0.252 e. The molecule has 2 aliphatic rings. The predicted molar refractivity (Wildman–Crippen MR) is 162 cm³/mol. The van der Waals surface area contributed by atoms with Gasteiger partial charge in [0.05, 0.1) is 41.6 Å². The van der Waals surface area contributed by atoms with E-state index in [2.05, 4.69) is 22.8 Å². The van der Waals surface area contributed by atoms with Gasteiger partial charge in [0, 0.05) is 19.1 Å². The van der Waals surface area contributed by atoms with Gasteiger partial charge < -0.3 is 25.2 Å². The van der Waals surface area contributed by atoms with Gasteiger partial charge >= 0.3 is 0 Å². The Bertz CT molecular complexity index is 1560. The Morgan fingerprint density at radius 1 is 1.10 bits per heavy atom. The van der Waals surface area contributed by atoms with Crippen LogP contribution in [0.4, 0.5) is 11.4 Å². The molecule has 9 heteroatoms. The Morgan fingerprint density at radius 3 is 2.55 bits per heavy atom. The minimum absolute atomic E-state index is 0.140. The van der Waals surface area contributed by atoms with Gasteiger partial charge in [0.2, 0.25) is 11.8 Å². The Morgan fingerprint density at radius 2 is 1.83 bits per heavy atom. The topological polar surface area (TPSA) is 115 Å². The zero-order chi connectivity index (χ0) is 30.0. The second-order valence-corrected chi connectivity index (χ2v) is 11.2. The minimum Gasteiger partial charge on any atom is -0.381 e. The number of anilines is 2. The van der Waals surface area contributed by atoms with Crippen LogP contribution in [0.15, 0.2) is 54.6 Å². The van der Waals surface area contributed by atoms with Crippen molar-refractivity contribution in [2.45, 2.75) is 58.3 Å². The maximum atomic E-state index is 14.6. The monoisotopic (exact) mass is 567 g/mol. The van der Waals surface area contributed by atoms with E-state index >= 15 is 0 Å². The second kappa shape index (κ2) is 12.3. The number of benzene rings is 3. The van der Waals surface area contributed by atoms with Crippen LogP contribution in [0.25, 0.3) is 10.8 Å². The summed E-state index contributed by atoms with van der Waals surface area (Å²) >= 11 is 0. The molecule has 9 nitrogen and oxygen atoms in total. The van der Waals surface area contributed by atoms with Crippen LogP contribution >= 0.6 is 0 Å². The van der Waals surface area contributed by atoms with E-state index in [1.807, 2.05) is 37.3 Å². The van der Waals surface area contributed by atoms with Gasteiger partial charge in [0.1, 0.15) is 6.04 Å². The third kappa shape index (κ3) is 5.48. The molecule has 0 radical (unpaired) electrons. The van der Waals surface area contributed by atoms with Crippen LogP contribution in [0.5, 0.6) is 0 Å². The number of likely N-dealkylation sites (N-methyl/N-ethyl adjacent to an activating group) is 1. The number of nitrogens with zero attached hydrogens (tertiary/aromatic N) is 3. The summed E-state index contributed by atoms with van der Waals surface area (Å²) in [6.45, 7) is 6.72. The van der Waals surface area contributed by atoms with E-state index in [1.54, 1.807) is 48.9 Å². The summed E-state index contributed by atoms with van der Waals surface area (Å²) in [5, 5.41) is 17.8. The van der Waals surface area contributed by atoms with Gasteiger partial charge in [-0.2, -0.15) is 5.26 Å². The van der Waals surface area contributed by atoms with Crippen LogP contribution in [0.2, 0.25) is 0 Å². The first-order valence-electron chi connectivity index (χ1n) is 14.5. The normalized spacial score (nSPS) is 20.0. The van der Waals surface area contributed by atoms with E-state index in [0.29, 0.717) is 43.0 Å². The molecule has 0 aromatic heterocycles. The molecule has 3 amide bonds. The average Bonchev–Trinajstić information content (AvgIpc) is 3.10. The molecule has 1 fully saturated rings. The highest BCUT2D eigenvalue weighted by Gasteiger charge is 2.44. The number of hydrogen-bond donors (Lipinski definition) is 2. The standard InChI is InChI=1S/C33H37N5O4/c1-20-9-11-24-7-5-6-8-26(24)27(20)19-37-28-12-10-23(18-34)17-29(28)38(32(40)25-13-15-42-16-14-25)22(3)30(33(37)41)36-31(39)21(2)35-4/h5-12,17,21-22,25,30,35H,13-16,19H2,1-4H3,(H,36,39)/t21-,22-,30-/m0/s1. The summed E-state index contributed by atoms with van der Waals surface area (Å²) in [5.41, 5.74) is 3.39. The molecule has 3 atom stereocenters. The lowest BCUT2D eigenvalue weighted by Gasteiger charge is -2.35. The van der Waals surface area contributed by atoms with Gasteiger partial charge in [-0.1, -0.05) is 36.4 Å². The van der Waals surface area contributed by atoms with Crippen molar-refractivity contribution in [2.24, 2.45) is 5.92 Å². The van der Waals surface area contributed by atoms with E-state index in [9.17, 15) is 19.6 Å². The maximum absolute atomic E-state index is 14.6. The molecular formula is C33H37N5O4. The lowest BCUT2D eigenvalue weighted by atomic mass is 9.96. The number of ether oxygens (including phenoxy) is 1. The van der Waals surface area contributed by atoms with Gasteiger partial charge in [0.15, 0.2) is 0 Å². The third-order valence-corrected chi connectivity index (χ3v) is 8.60. The second-order valence-electron chi connectivity index (χ2n) is 11.2. The molecule has 2 N–H and O–H groups in total. The molecule has 2 heterocycles. The van der Waals surface area contributed by atoms with Crippen LogP contribution in [0.3, 0.4) is 0 Å². The van der Waals surface area contributed by atoms with E-state index in [1.165, 1.54) is 0 Å². The predicted octanol–water partition coefficient (Wildman–Crippen LogP) is 3.81. The highest BCUT2D eigenvalue weighted by molar-refractivity contribution is 6.09. The summed E-state index contributed by atoms with van der Waals surface area (Å²) < 4.78 is 5.51. The molecule has 218 valence electrons. The molecule has 0 aliphatic carbocycles. The Hall–Kier alpha value is -4.26. The number of carbonyl (C=O) groups excluding carboxylic acids is 3. The first-order valence-corrected chi connectivity index (χ1v) is 14.5. The highest BCUT2D eigenvalue weighted by Crippen LogP contribution is 2.39. The first-order chi connectivity index (χ1) is 20.2. The number of rotatable bonds is 6.